The van der Waals surface area contributed by atoms with Crippen molar-refractivity contribution in [2.75, 3.05) is 31.2 Å². The van der Waals surface area contributed by atoms with Crippen molar-refractivity contribution in [3.8, 4) is 6.07 Å². The second-order valence-electron chi connectivity index (χ2n) is 8.45. The lowest BCUT2D eigenvalue weighted by Crippen LogP contribution is -2.34. The van der Waals surface area contributed by atoms with E-state index in [-0.39, 0.29) is 17.7 Å². The SMILES string of the molecule is N#Cc1ccc(CCN(C(=O)CC2CCOC2)c2ncc(C(=O)NCCCn3ccnc3)s2)cc1. The summed E-state index contributed by atoms with van der Waals surface area (Å²) in [5.74, 6) is -0.00279. The molecule has 1 fully saturated rings. The maximum Gasteiger partial charge on any atom is 0.263 e. The zero-order valence-corrected chi connectivity index (χ0v) is 20.2. The van der Waals surface area contributed by atoms with Crippen LogP contribution in [-0.4, -0.2) is 52.7 Å². The first-order valence-corrected chi connectivity index (χ1v) is 12.5. The van der Waals surface area contributed by atoms with Crippen LogP contribution in [0.3, 0.4) is 0 Å². The van der Waals surface area contributed by atoms with E-state index in [1.54, 1.807) is 29.6 Å². The molecule has 0 radical (unpaired) electrons. The highest BCUT2D eigenvalue weighted by Gasteiger charge is 2.26. The number of carbonyl (C=O) groups excluding carboxylic acids is 2. The predicted molar refractivity (Wildman–Crippen MR) is 132 cm³/mol. The van der Waals surface area contributed by atoms with E-state index < -0.39 is 0 Å². The highest BCUT2D eigenvalue weighted by atomic mass is 32.1. The Morgan fingerprint density at radius 3 is 2.89 bits per heavy atom. The van der Waals surface area contributed by atoms with Crippen molar-refractivity contribution in [3.63, 3.8) is 0 Å². The van der Waals surface area contributed by atoms with Gasteiger partial charge in [0.2, 0.25) is 5.91 Å². The van der Waals surface area contributed by atoms with Crippen molar-refractivity contribution in [1.82, 2.24) is 19.9 Å². The molecule has 1 aromatic carbocycles. The summed E-state index contributed by atoms with van der Waals surface area (Å²) in [5.41, 5.74) is 1.63. The van der Waals surface area contributed by atoms with Gasteiger partial charge in [-0.3, -0.25) is 14.5 Å². The van der Waals surface area contributed by atoms with E-state index in [0.29, 0.717) is 54.7 Å². The fourth-order valence-corrected chi connectivity index (χ4v) is 4.76. The van der Waals surface area contributed by atoms with Gasteiger partial charge in [0.05, 0.1) is 24.2 Å². The van der Waals surface area contributed by atoms with E-state index in [1.807, 2.05) is 22.9 Å². The Hall–Kier alpha value is -3.55. The van der Waals surface area contributed by atoms with Gasteiger partial charge in [0.25, 0.3) is 5.91 Å². The summed E-state index contributed by atoms with van der Waals surface area (Å²) >= 11 is 1.22. The molecule has 4 rings (SSSR count). The topological polar surface area (TPSA) is 113 Å². The van der Waals surface area contributed by atoms with Crippen molar-refractivity contribution in [2.45, 2.75) is 32.2 Å². The molecule has 1 aliphatic rings. The van der Waals surface area contributed by atoms with Gasteiger partial charge in [-0.15, -0.1) is 0 Å². The van der Waals surface area contributed by atoms with E-state index in [1.165, 1.54) is 17.5 Å². The lowest BCUT2D eigenvalue weighted by Gasteiger charge is -2.21. The lowest BCUT2D eigenvalue weighted by atomic mass is 10.0. The molecule has 35 heavy (non-hydrogen) atoms. The summed E-state index contributed by atoms with van der Waals surface area (Å²) < 4.78 is 7.39. The summed E-state index contributed by atoms with van der Waals surface area (Å²) in [6.07, 6.45) is 9.57. The Bertz CT molecular complexity index is 1150. The number of nitrogens with one attached hydrogen (secondary N) is 1. The quantitative estimate of drug-likeness (QED) is 0.412. The zero-order valence-electron chi connectivity index (χ0n) is 19.4. The number of hydrogen-bond acceptors (Lipinski definition) is 7. The zero-order chi connectivity index (χ0) is 24.5. The summed E-state index contributed by atoms with van der Waals surface area (Å²) in [6.45, 7) is 3.03. The van der Waals surface area contributed by atoms with Crippen molar-refractivity contribution in [2.24, 2.45) is 5.92 Å². The van der Waals surface area contributed by atoms with E-state index in [0.717, 1.165) is 24.9 Å². The van der Waals surface area contributed by atoms with Gasteiger partial charge in [0.1, 0.15) is 4.88 Å². The molecule has 3 heterocycles. The minimum atomic E-state index is -0.192. The van der Waals surface area contributed by atoms with Crippen LogP contribution in [0.2, 0.25) is 0 Å². The smallest absolute Gasteiger partial charge is 0.263 e. The standard InChI is InChI=1S/C25H28N6O3S/c26-15-20-4-2-19(3-5-20)6-11-31(23(32)14-21-7-13-34-17-21)25-29-16-22(35-25)24(33)28-8-1-10-30-12-9-27-18-30/h2-5,9,12,16,18,21H,1,6-8,10-11,13-14,17H2,(H,28,33). The van der Waals surface area contributed by atoms with E-state index in [9.17, 15) is 9.59 Å². The molecule has 1 aliphatic heterocycles. The van der Waals surface area contributed by atoms with Gasteiger partial charge in [-0.1, -0.05) is 23.5 Å². The van der Waals surface area contributed by atoms with Crippen LogP contribution in [0.5, 0.6) is 0 Å². The second kappa shape index (κ2) is 12.2. The number of nitriles is 1. The minimum absolute atomic E-state index is 0.0178. The Morgan fingerprint density at radius 2 is 2.17 bits per heavy atom. The van der Waals surface area contributed by atoms with Crippen LogP contribution < -0.4 is 10.2 Å². The molecule has 2 aromatic heterocycles. The van der Waals surface area contributed by atoms with Crippen LogP contribution in [0, 0.1) is 17.2 Å². The number of aryl methyl sites for hydroxylation is 1. The molecule has 182 valence electrons. The largest absolute Gasteiger partial charge is 0.381 e. The first-order chi connectivity index (χ1) is 17.1. The molecular weight excluding hydrogens is 464 g/mol. The van der Waals surface area contributed by atoms with Crippen molar-refractivity contribution >= 4 is 28.3 Å². The average Bonchev–Trinajstić information content (AvgIpc) is 3.66. The van der Waals surface area contributed by atoms with Gasteiger partial charge >= 0.3 is 0 Å². The second-order valence-corrected chi connectivity index (χ2v) is 9.46. The van der Waals surface area contributed by atoms with Crippen molar-refractivity contribution in [3.05, 3.63) is 65.2 Å². The summed E-state index contributed by atoms with van der Waals surface area (Å²) in [6, 6.07) is 9.46. The number of carbonyl (C=O) groups is 2. The van der Waals surface area contributed by atoms with Crippen LogP contribution >= 0.6 is 11.3 Å². The van der Waals surface area contributed by atoms with E-state index in [4.69, 9.17) is 10.00 Å². The minimum Gasteiger partial charge on any atom is -0.381 e. The number of thiazole rings is 1. The third-order valence-electron chi connectivity index (χ3n) is 5.88. The fourth-order valence-electron chi connectivity index (χ4n) is 3.88. The maximum absolute atomic E-state index is 13.2. The van der Waals surface area contributed by atoms with Crippen LogP contribution in [-0.2, 0) is 22.5 Å². The van der Waals surface area contributed by atoms with Crippen LogP contribution in [0.15, 0.2) is 49.2 Å². The fraction of sp³-hybridized carbons (Fsp3) is 0.400. The molecule has 9 nitrogen and oxygen atoms in total. The summed E-state index contributed by atoms with van der Waals surface area (Å²) in [7, 11) is 0. The molecule has 1 unspecified atom stereocenters. The first-order valence-electron chi connectivity index (χ1n) is 11.7. The highest BCUT2D eigenvalue weighted by Crippen LogP contribution is 2.26. The number of aromatic nitrogens is 3. The van der Waals surface area contributed by atoms with Crippen LogP contribution in [0.1, 0.15) is 40.1 Å². The van der Waals surface area contributed by atoms with Crippen LogP contribution in [0.4, 0.5) is 5.13 Å². The van der Waals surface area contributed by atoms with Gasteiger partial charge in [-0.05, 0) is 42.9 Å². The van der Waals surface area contributed by atoms with E-state index in [2.05, 4.69) is 21.4 Å². The number of rotatable bonds is 11. The Labute approximate surface area is 208 Å². The van der Waals surface area contributed by atoms with Gasteiger partial charge in [-0.25, -0.2) is 9.97 Å². The van der Waals surface area contributed by atoms with Gasteiger partial charge in [-0.2, -0.15) is 5.26 Å². The molecule has 0 aliphatic carbocycles. The number of imidazole rings is 1. The van der Waals surface area contributed by atoms with E-state index >= 15 is 0 Å². The number of ether oxygens (including phenoxy) is 1. The third-order valence-corrected chi connectivity index (χ3v) is 6.90. The summed E-state index contributed by atoms with van der Waals surface area (Å²) in [5, 5.41) is 12.4. The molecule has 0 bridgehead atoms. The first kappa shape index (κ1) is 24.6. The third kappa shape index (κ3) is 6.97. The monoisotopic (exact) mass is 492 g/mol. The molecule has 1 saturated heterocycles. The number of amides is 2. The molecule has 0 spiro atoms. The molecule has 3 aromatic rings. The maximum atomic E-state index is 13.2. The van der Waals surface area contributed by atoms with Crippen molar-refractivity contribution < 1.29 is 14.3 Å². The van der Waals surface area contributed by atoms with Gasteiger partial charge in [0, 0.05) is 51.7 Å². The Kier molecular flexibility index (Phi) is 8.59. The Balaban J connectivity index is 1.38. The van der Waals surface area contributed by atoms with Gasteiger partial charge < -0.3 is 14.6 Å². The molecule has 1 atom stereocenters. The number of anilines is 1. The van der Waals surface area contributed by atoms with Gasteiger partial charge in [0.15, 0.2) is 5.13 Å². The predicted octanol–water partition coefficient (Wildman–Crippen LogP) is 3.03. The van der Waals surface area contributed by atoms with Crippen LogP contribution in [0.25, 0.3) is 0 Å². The highest BCUT2D eigenvalue weighted by molar-refractivity contribution is 7.17. The molecular formula is C25H28N6O3S. The molecule has 10 heteroatoms. The number of hydrogen-bond donors (Lipinski definition) is 1. The lowest BCUT2D eigenvalue weighted by molar-refractivity contribution is -0.119. The molecule has 2 amide bonds. The molecule has 0 saturated carbocycles. The normalized spacial score (nSPS) is 15.0. The number of nitrogens with zero attached hydrogens (tertiary/aromatic N) is 5. The van der Waals surface area contributed by atoms with Crippen molar-refractivity contribution in [1.29, 1.82) is 5.26 Å². The summed E-state index contributed by atoms with van der Waals surface area (Å²) in [4.78, 5) is 36.4. The molecule has 1 N–H and O–H groups in total. The average molecular weight is 493 g/mol. The number of benzene rings is 1. The Morgan fingerprint density at radius 1 is 1.31 bits per heavy atom.